The third kappa shape index (κ3) is 14.0. The molecule has 0 spiro atoms. The number of nitro groups is 1. The Kier molecular flexibility index (Phi) is 18.9. The molecule has 1 fully saturated rings. The lowest BCUT2D eigenvalue weighted by Gasteiger charge is -2.42. The van der Waals surface area contributed by atoms with Crippen molar-refractivity contribution in [2.24, 2.45) is 17.8 Å². The van der Waals surface area contributed by atoms with E-state index >= 15 is 4.79 Å². The van der Waals surface area contributed by atoms with Gasteiger partial charge in [-0.25, -0.2) is 14.8 Å². The summed E-state index contributed by atoms with van der Waals surface area (Å²) in [5.74, 6) is -1.38. The molecule has 0 N–H and O–H groups in total. The largest absolute Gasteiger partial charge is 0.461 e. The topological polar surface area (TPSA) is 151 Å². The number of nitrogens with zero attached hydrogens (tertiary/aromatic N) is 4. The van der Waals surface area contributed by atoms with Crippen LogP contribution in [0.1, 0.15) is 127 Å². The summed E-state index contributed by atoms with van der Waals surface area (Å²) in [6.45, 7) is 22.7. The molecule has 2 aromatic rings. The van der Waals surface area contributed by atoms with Gasteiger partial charge >= 0.3 is 5.97 Å². The molecule has 0 saturated carbocycles. The molecule has 1 saturated heterocycles. The highest BCUT2D eigenvalue weighted by molar-refractivity contribution is 7.09. The number of likely N-dealkylation sites (N-methyl/N-ethyl adjacent to an activating group) is 1. The number of ether oxygens (including phenoxy) is 2. The minimum Gasteiger partial charge on any atom is -0.461 e. The van der Waals surface area contributed by atoms with Crippen molar-refractivity contribution in [1.82, 2.24) is 14.9 Å². The quantitative estimate of drug-likeness (QED) is 0.0347. The molecular formula is C42H68N4O9SSi. The number of benzene rings is 1. The van der Waals surface area contributed by atoms with E-state index in [4.69, 9.17) is 23.7 Å². The number of carbonyl (C=O) groups is 3. The molecule has 3 rings (SSSR count). The van der Waals surface area contributed by atoms with E-state index in [9.17, 15) is 19.7 Å². The minimum absolute atomic E-state index is 0.0195. The molecule has 1 aliphatic heterocycles. The number of nitro benzene ring substituents is 1. The second-order valence-electron chi connectivity index (χ2n) is 17.2. The molecule has 0 bridgehead atoms. The maximum absolute atomic E-state index is 15.0. The Morgan fingerprint density at radius 2 is 1.77 bits per heavy atom. The SMILES string of the molecule is CCOC(=O)c1csc([C@@H](C[C@H](C(C)C)N(OCCCOCc2ccc([N+](=O)[O-])cc2)C(=O)[C@@H](CC(=O)[C@H]2CCCCN2C)[C@@H](C)CC)O[Si](C)(C)C(C)(C)C)n1. The van der Waals surface area contributed by atoms with Crippen LogP contribution in [0.2, 0.25) is 18.1 Å². The molecule has 1 aliphatic rings. The highest BCUT2D eigenvalue weighted by Crippen LogP contribution is 2.42. The van der Waals surface area contributed by atoms with E-state index in [2.05, 4.69) is 52.6 Å². The Labute approximate surface area is 345 Å². The van der Waals surface area contributed by atoms with E-state index in [1.165, 1.54) is 28.5 Å². The fourth-order valence-electron chi connectivity index (χ4n) is 6.69. The first kappa shape index (κ1) is 48.3. The van der Waals surface area contributed by atoms with Crippen LogP contribution in [-0.2, 0) is 34.9 Å². The van der Waals surface area contributed by atoms with Crippen LogP contribution < -0.4 is 0 Å². The third-order valence-corrected chi connectivity index (χ3v) is 17.0. The normalized spacial score (nSPS) is 17.5. The van der Waals surface area contributed by atoms with Crippen molar-refractivity contribution in [1.29, 1.82) is 0 Å². The van der Waals surface area contributed by atoms with Crippen molar-refractivity contribution in [2.75, 3.05) is 33.4 Å². The zero-order valence-corrected chi connectivity index (χ0v) is 38.0. The summed E-state index contributed by atoms with van der Waals surface area (Å²) < 4.78 is 18.2. The van der Waals surface area contributed by atoms with Crippen molar-refractivity contribution in [3.63, 3.8) is 0 Å². The van der Waals surface area contributed by atoms with Gasteiger partial charge in [-0.3, -0.25) is 29.4 Å². The number of carbonyl (C=O) groups excluding carboxylic acids is 3. The summed E-state index contributed by atoms with van der Waals surface area (Å²) in [4.78, 5) is 65.6. The van der Waals surface area contributed by atoms with Crippen LogP contribution in [0.3, 0.4) is 0 Å². The number of non-ortho nitro benzene ring substituents is 1. The van der Waals surface area contributed by atoms with Crippen molar-refractivity contribution in [3.8, 4) is 0 Å². The number of thiazole rings is 1. The van der Waals surface area contributed by atoms with Crippen molar-refractivity contribution in [2.45, 2.75) is 143 Å². The number of aromatic nitrogens is 1. The number of likely N-dealkylation sites (tertiary alicyclic amines) is 1. The van der Waals surface area contributed by atoms with Gasteiger partial charge in [0.05, 0.1) is 42.9 Å². The van der Waals surface area contributed by atoms with Gasteiger partial charge in [0.15, 0.2) is 19.8 Å². The van der Waals surface area contributed by atoms with E-state index in [0.29, 0.717) is 30.9 Å². The zero-order valence-electron chi connectivity index (χ0n) is 36.2. The average Bonchev–Trinajstić information content (AvgIpc) is 3.65. The molecule has 15 heteroatoms. The van der Waals surface area contributed by atoms with E-state index in [-0.39, 0.29) is 72.2 Å². The smallest absolute Gasteiger partial charge is 0.357 e. The van der Waals surface area contributed by atoms with Gasteiger partial charge in [0.1, 0.15) is 5.01 Å². The lowest BCUT2D eigenvalue weighted by atomic mass is 9.83. The molecule has 57 heavy (non-hydrogen) atoms. The Bertz CT molecular complexity index is 1600. The van der Waals surface area contributed by atoms with Crippen LogP contribution >= 0.6 is 11.3 Å². The third-order valence-electron chi connectivity index (χ3n) is 11.6. The summed E-state index contributed by atoms with van der Waals surface area (Å²) in [6, 6.07) is 5.57. The van der Waals surface area contributed by atoms with Crippen LogP contribution in [0.5, 0.6) is 0 Å². The Hall–Kier alpha value is -3.08. The maximum Gasteiger partial charge on any atom is 0.357 e. The standard InChI is InChI=1S/C42H68N4O9SSi/c1-12-30(5)33(25-37(47)35-17-14-15-22-44(35)9)40(48)45(54-24-16-23-52-27-31-18-20-32(21-19-31)46(50)51)36(29(3)4)26-38(55-57(10,11)42(6,7)8)39-43-34(28-56-39)41(49)53-13-2/h18-21,28-30,33,35-36,38H,12-17,22-27H2,1-11H3/t30-,33-,35+,36+,38+/m0/s1. The van der Waals surface area contributed by atoms with Crippen LogP contribution in [0.25, 0.3) is 0 Å². The van der Waals surface area contributed by atoms with Crippen LogP contribution in [0, 0.1) is 27.9 Å². The molecule has 320 valence electrons. The highest BCUT2D eigenvalue weighted by Gasteiger charge is 2.43. The van der Waals surface area contributed by atoms with Gasteiger partial charge in [-0.15, -0.1) is 11.3 Å². The van der Waals surface area contributed by atoms with Crippen LogP contribution in [0.15, 0.2) is 29.6 Å². The summed E-state index contributed by atoms with van der Waals surface area (Å²) in [5, 5.41) is 14.8. The van der Waals surface area contributed by atoms with Gasteiger partial charge in [-0.05, 0) is 87.4 Å². The number of esters is 1. The summed E-state index contributed by atoms with van der Waals surface area (Å²) >= 11 is 1.35. The summed E-state index contributed by atoms with van der Waals surface area (Å²) in [7, 11) is -0.420. The first-order valence-electron chi connectivity index (χ1n) is 20.6. The molecule has 13 nitrogen and oxygen atoms in total. The van der Waals surface area contributed by atoms with Crippen molar-refractivity contribution in [3.05, 3.63) is 56.0 Å². The fraction of sp³-hybridized carbons (Fsp3) is 0.714. The molecule has 0 radical (unpaired) electrons. The van der Waals surface area contributed by atoms with E-state index < -0.39 is 37.3 Å². The number of rotatable bonds is 23. The molecule has 1 aromatic heterocycles. The average molecular weight is 833 g/mol. The number of hydroxylamine groups is 2. The minimum atomic E-state index is -2.41. The second kappa shape index (κ2) is 22.3. The number of ketones is 1. The number of hydrogen-bond donors (Lipinski definition) is 0. The molecule has 5 atom stereocenters. The zero-order chi connectivity index (χ0) is 42.5. The van der Waals surface area contributed by atoms with Gasteiger partial charge in [0.25, 0.3) is 5.69 Å². The molecule has 2 heterocycles. The molecule has 1 amide bonds. The first-order chi connectivity index (χ1) is 26.8. The molecular weight excluding hydrogens is 765 g/mol. The second-order valence-corrected chi connectivity index (χ2v) is 22.8. The van der Waals surface area contributed by atoms with Crippen LogP contribution in [-0.4, -0.2) is 91.3 Å². The lowest BCUT2D eigenvalue weighted by molar-refractivity contribution is -0.384. The fourth-order valence-corrected chi connectivity index (χ4v) is 8.88. The number of Topliss-reactive ketones (excluding diaryl/α,β-unsaturated/α-hetero) is 1. The predicted octanol–water partition coefficient (Wildman–Crippen LogP) is 9.18. The summed E-state index contributed by atoms with van der Waals surface area (Å²) in [6.07, 6.45) is 3.97. The maximum atomic E-state index is 15.0. The van der Waals surface area contributed by atoms with Gasteiger partial charge in [0, 0.05) is 42.9 Å². The van der Waals surface area contributed by atoms with Gasteiger partial charge < -0.3 is 13.9 Å². The molecule has 0 unspecified atom stereocenters. The predicted molar refractivity (Wildman–Crippen MR) is 225 cm³/mol. The van der Waals surface area contributed by atoms with Crippen molar-refractivity contribution < 1.29 is 38.0 Å². The Morgan fingerprint density at radius 1 is 1.09 bits per heavy atom. The van der Waals surface area contributed by atoms with Gasteiger partial charge in [0.2, 0.25) is 5.91 Å². The Morgan fingerprint density at radius 3 is 2.35 bits per heavy atom. The van der Waals surface area contributed by atoms with E-state index in [0.717, 1.165) is 31.4 Å². The number of hydrogen-bond acceptors (Lipinski definition) is 12. The monoisotopic (exact) mass is 832 g/mol. The number of amides is 1. The van der Waals surface area contributed by atoms with E-state index in [1.54, 1.807) is 24.4 Å². The number of piperidine rings is 1. The van der Waals surface area contributed by atoms with Crippen LogP contribution in [0.4, 0.5) is 5.69 Å². The molecule has 1 aromatic carbocycles. The van der Waals surface area contributed by atoms with Gasteiger partial charge in [-0.2, -0.15) is 0 Å². The summed E-state index contributed by atoms with van der Waals surface area (Å²) in [5.41, 5.74) is 1.05. The van der Waals surface area contributed by atoms with Gasteiger partial charge in [-0.1, -0.05) is 61.3 Å². The highest BCUT2D eigenvalue weighted by atomic mass is 32.1. The van der Waals surface area contributed by atoms with E-state index in [1.807, 2.05) is 20.9 Å². The van der Waals surface area contributed by atoms with Crippen molar-refractivity contribution >= 4 is 43.0 Å². The molecule has 0 aliphatic carbocycles. The Balaban J connectivity index is 1.96. The first-order valence-corrected chi connectivity index (χ1v) is 24.4. The lowest BCUT2D eigenvalue weighted by Crippen LogP contribution is -2.50.